The number of halogens is 1. The lowest BCUT2D eigenvalue weighted by Gasteiger charge is -2.30. The fourth-order valence-corrected chi connectivity index (χ4v) is 3.17. The van der Waals surface area contributed by atoms with Crippen molar-refractivity contribution in [2.45, 2.75) is 31.8 Å². The second-order valence-electron chi connectivity index (χ2n) is 5.97. The molecule has 1 aliphatic rings. The first-order valence-electron chi connectivity index (χ1n) is 8.21. The maximum Gasteiger partial charge on any atom is 0.218 e. The molecule has 0 spiro atoms. The van der Waals surface area contributed by atoms with Crippen LogP contribution in [0.15, 0.2) is 30.9 Å². The highest BCUT2D eigenvalue weighted by Gasteiger charge is 2.25. The van der Waals surface area contributed by atoms with Gasteiger partial charge in [0.1, 0.15) is 12.4 Å². The first kappa shape index (κ1) is 18.8. The van der Waals surface area contributed by atoms with Gasteiger partial charge in [0, 0.05) is 32.2 Å². The van der Waals surface area contributed by atoms with Crippen LogP contribution in [0, 0.1) is 5.92 Å². The standard InChI is InChI=1S/C18H25ClN2O3/c1-2-7-24-17-4-3-13(10-15(17)19)12-21-16(11-18(20)22)14-5-8-23-9-6-14/h2-4,10,14,16,21H,1,5-9,11-12H2,(H2,20,22). The van der Waals surface area contributed by atoms with E-state index in [2.05, 4.69) is 11.9 Å². The molecule has 0 aliphatic carbocycles. The highest BCUT2D eigenvalue weighted by atomic mass is 35.5. The summed E-state index contributed by atoms with van der Waals surface area (Å²) in [5, 5.41) is 4.02. The summed E-state index contributed by atoms with van der Waals surface area (Å²) >= 11 is 6.24. The van der Waals surface area contributed by atoms with Crippen LogP contribution in [0.1, 0.15) is 24.8 Å². The summed E-state index contributed by atoms with van der Waals surface area (Å²) in [6.45, 7) is 6.13. The monoisotopic (exact) mass is 352 g/mol. The number of rotatable bonds is 9. The van der Waals surface area contributed by atoms with Gasteiger partial charge in [0.2, 0.25) is 5.91 Å². The molecule has 0 saturated carbocycles. The number of hydrogen-bond donors (Lipinski definition) is 2. The number of nitrogens with two attached hydrogens (primary N) is 1. The highest BCUT2D eigenvalue weighted by molar-refractivity contribution is 6.32. The van der Waals surface area contributed by atoms with Crippen LogP contribution < -0.4 is 15.8 Å². The fourth-order valence-electron chi connectivity index (χ4n) is 2.91. The summed E-state index contributed by atoms with van der Waals surface area (Å²) in [6.07, 6.45) is 3.90. The molecule has 6 heteroatoms. The van der Waals surface area contributed by atoms with Gasteiger partial charge in [0.25, 0.3) is 0 Å². The Hall–Kier alpha value is -1.56. The van der Waals surface area contributed by atoms with Crippen molar-refractivity contribution in [3.05, 3.63) is 41.4 Å². The number of nitrogens with one attached hydrogen (secondary N) is 1. The number of amides is 1. The predicted molar refractivity (Wildman–Crippen MR) is 95.1 cm³/mol. The summed E-state index contributed by atoms with van der Waals surface area (Å²) in [5.74, 6) is 0.751. The Labute approximate surface area is 148 Å². The molecule has 24 heavy (non-hydrogen) atoms. The van der Waals surface area contributed by atoms with E-state index in [-0.39, 0.29) is 11.9 Å². The molecule has 132 valence electrons. The Morgan fingerprint density at radius 3 is 2.88 bits per heavy atom. The van der Waals surface area contributed by atoms with Crippen molar-refractivity contribution in [2.75, 3.05) is 19.8 Å². The predicted octanol–water partition coefficient (Wildman–Crippen LogP) is 2.67. The second kappa shape index (κ2) is 9.67. The Morgan fingerprint density at radius 2 is 2.25 bits per heavy atom. The van der Waals surface area contributed by atoms with Gasteiger partial charge in [0.15, 0.2) is 0 Å². The zero-order chi connectivity index (χ0) is 17.4. The van der Waals surface area contributed by atoms with Crippen molar-refractivity contribution in [3.63, 3.8) is 0 Å². The molecule has 1 aromatic carbocycles. The van der Waals surface area contributed by atoms with Gasteiger partial charge >= 0.3 is 0 Å². The van der Waals surface area contributed by atoms with Crippen molar-refractivity contribution >= 4 is 17.5 Å². The van der Waals surface area contributed by atoms with Gasteiger partial charge in [0.05, 0.1) is 5.02 Å². The first-order chi connectivity index (χ1) is 11.6. The maximum atomic E-state index is 11.4. The normalized spacial score (nSPS) is 16.5. The van der Waals surface area contributed by atoms with E-state index in [1.165, 1.54) is 0 Å². The summed E-state index contributed by atoms with van der Waals surface area (Å²) in [7, 11) is 0. The highest BCUT2D eigenvalue weighted by Crippen LogP contribution is 2.26. The van der Waals surface area contributed by atoms with Crippen LogP contribution >= 0.6 is 11.6 Å². The van der Waals surface area contributed by atoms with Gasteiger partial charge in [-0.05, 0) is 36.5 Å². The minimum Gasteiger partial charge on any atom is -0.488 e. The van der Waals surface area contributed by atoms with Crippen molar-refractivity contribution in [3.8, 4) is 5.75 Å². The van der Waals surface area contributed by atoms with Crippen molar-refractivity contribution < 1.29 is 14.3 Å². The van der Waals surface area contributed by atoms with Gasteiger partial charge in [-0.15, -0.1) is 0 Å². The molecule has 1 saturated heterocycles. The molecule has 1 fully saturated rings. The number of carbonyl (C=O) groups excluding carboxylic acids is 1. The average molecular weight is 353 g/mol. The van der Waals surface area contributed by atoms with Crippen LogP contribution in [0.4, 0.5) is 0 Å². The summed E-state index contributed by atoms with van der Waals surface area (Å²) in [4.78, 5) is 11.4. The molecule has 5 nitrogen and oxygen atoms in total. The molecule has 0 radical (unpaired) electrons. The molecule has 1 aliphatic heterocycles. The molecule has 1 amide bonds. The fraction of sp³-hybridized carbons (Fsp3) is 0.500. The van der Waals surface area contributed by atoms with Crippen LogP contribution in [-0.2, 0) is 16.1 Å². The van der Waals surface area contributed by atoms with Gasteiger partial charge in [-0.25, -0.2) is 0 Å². The largest absolute Gasteiger partial charge is 0.488 e. The van der Waals surface area contributed by atoms with Crippen LogP contribution in [0.2, 0.25) is 5.02 Å². The lowest BCUT2D eigenvalue weighted by Crippen LogP contribution is -2.41. The Kier molecular flexibility index (Phi) is 7.56. The third-order valence-electron chi connectivity index (χ3n) is 4.18. The Balaban J connectivity index is 1.96. The van der Waals surface area contributed by atoms with Crippen molar-refractivity contribution in [2.24, 2.45) is 11.7 Å². The lowest BCUT2D eigenvalue weighted by atomic mass is 9.89. The van der Waals surface area contributed by atoms with E-state index in [0.29, 0.717) is 36.3 Å². The molecule has 1 heterocycles. The molecular formula is C18H25ClN2O3. The first-order valence-corrected chi connectivity index (χ1v) is 8.59. The lowest BCUT2D eigenvalue weighted by molar-refractivity contribution is -0.119. The molecule has 0 bridgehead atoms. The number of benzene rings is 1. The van der Waals surface area contributed by atoms with Crippen LogP contribution in [0.3, 0.4) is 0 Å². The minimum absolute atomic E-state index is 0.0573. The zero-order valence-electron chi connectivity index (χ0n) is 13.8. The Morgan fingerprint density at radius 1 is 1.50 bits per heavy atom. The number of carbonyl (C=O) groups is 1. The van der Waals surface area contributed by atoms with Gasteiger partial charge < -0.3 is 20.5 Å². The third kappa shape index (κ3) is 5.82. The van der Waals surface area contributed by atoms with Gasteiger partial charge in [-0.1, -0.05) is 30.3 Å². The average Bonchev–Trinajstić information content (AvgIpc) is 2.58. The second-order valence-corrected chi connectivity index (χ2v) is 6.38. The zero-order valence-corrected chi connectivity index (χ0v) is 14.6. The van der Waals surface area contributed by atoms with E-state index in [1.54, 1.807) is 6.08 Å². The van der Waals surface area contributed by atoms with Crippen LogP contribution in [0.5, 0.6) is 5.75 Å². The van der Waals surface area contributed by atoms with Crippen molar-refractivity contribution in [1.29, 1.82) is 0 Å². The number of primary amides is 1. The topological polar surface area (TPSA) is 73.6 Å². The summed E-state index contributed by atoms with van der Waals surface area (Å²) in [6, 6.07) is 5.74. The molecule has 1 aromatic rings. The van der Waals surface area contributed by atoms with Crippen LogP contribution in [-0.4, -0.2) is 31.8 Å². The molecule has 0 aromatic heterocycles. The molecule has 2 rings (SSSR count). The van der Waals surface area contributed by atoms with E-state index in [4.69, 9.17) is 26.8 Å². The third-order valence-corrected chi connectivity index (χ3v) is 4.47. The SMILES string of the molecule is C=CCOc1ccc(CNC(CC(N)=O)C2CCOCC2)cc1Cl. The number of hydrogen-bond acceptors (Lipinski definition) is 4. The van der Waals surface area contributed by atoms with E-state index < -0.39 is 0 Å². The Bertz CT molecular complexity index is 559. The van der Waals surface area contributed by atoms with E-state index in [1.807, 2.05) is 18.2 Å². The van der Waals surface area contributed by atoms with Crippen LogP contribution in [0.25, 0.3) is 0 Å². The smallest absolute Gasteiger partial charge is 0.218 e. The summed E-state index contributed by atoms with van der Waals surface area (Å²) < 4.78 is 10.9. The minimum atomic E-state index is -0.287. The number of ether oxygens (including phenoxy) is 2. The van der Waals surface area contributed by atoms with E-state index in [9.17, 15) is 4.79 Å². The van der Waals surface area contributed by atoms with E-state index >= 15 is 0 Å². The quantitative estimate of drug-likeness (QED) is 0.670. The molecule has 1 atom stereocenters. The van der Waals surface area contributed by atoms with Crippen molar-refractivity contribution in [1.82, 2.24) is 5.32 Å². The van der Waals surface area contributed by atoms with E-state index in [0.717, 1.165) is 31.6 Å². The summed E-state index contributed by atoms with van der Waals surface area (Å²) in [5.41, 5.74) is 6.44. The van der Waals surface area contributed by atoms with Gasteiger partial charge in [-0.3, -0.25) is 4.79 Å². The van der Waals surface area contributed by atoms with Gasteiger partial charge in [-0.2, -0.15) is 0 Å². The molecule has 1 unspecified atom stereocenters. The molecular weight excluding hydrogens is 328 g/mol. The maximum absolute atomic E-state index is 11.4. The molecule has 3 N–H and O–H groups in total.